The first-order chi connectivity index (χ1) is 7.74. The summed E-state index contributed by atoms with van der Waals surface area (Å²) in [6.07, 6.45) is 0. The van der Waals surface area contributed by atoms with Crippen LogP contribution in [-0.2, 0) is 4.57 Å². The van der Waals surface area contributed by atoms with Crippen LogP contribution >= 0.6 is 7.82 Å². The molecular formula is C6H24N3O7P. The topological polar surface area (TPSA) is 217 Å². The fraction of sp³-hybridized carbons (Fsp3) is 1.00. The fourth-order valence-electron chi connectivity index (χ4n) is 0. The molecule has 0 saturated heterocycles. The summed E-state index contributed by atoms with van der Waals surface area (Å²) in [5.41, 5.74) is 14.3. The van der Waals surface area contributed by atoms with Gasteiger partial charge in [0.05, 0.1) is 19.8 Å². The Bertz CT molecular complexity index is 122. The molecule has 0 atom stereocenters. The van der Waals surface area contributed by atoms with Crippen LogP contribution in [0.25, 0.3) is 0 Å². The van der Waals surface area contributed by atoms with Gasteiger partial charge in [0.25, 0.3) is 0 Å². The lowest BCUT2D eigenvalue weighted by Gasteiger charge is -1.82. The van der Waals surface area contributed by atoms with Crippen LogP contribution in [0, 0.1) is 0 Å². The van der Waals surface area contributed by atoms with Crippen molar-refractivity contribution in [2.45, 2.75) is 0 Å². The average molecular weight is 281 g/mol. The molecule has 12 N–H and O–H groups in total. The van der Waals surface area contributed by atoms with Crippen molar-refractivity contribution < 1.29 is 34.6 Å². The summed E-state index contributed by atoms with van der Waals surface area (Å²) >= 11 is 0. The van der Waals surface area contributed by atoms with Gasteiger partial charge in [-0.15, -0.1) is 0 Å². The Labute approximate surface area is 99.9 Å². The molecule has 0 aromatic heterocycles. The lowest BCUT2D eigenvalue weighted by atomic mass is 10.8. The van der Waals surface area contributed by atoms with E-state index in [1.807, 2.05) is 0 Å². The minimum atomic E-state index is -4.64. The van der Waals surface area contributed by atoms with Crippen LogP contribution in [0.2, 0.25) is 0 Å². The summed E-state index contributed by atoms with van der Waals surface area (Å²) in [4.78, 5) is 21.6. The van der Waals surface area contributed by atoms with Gasteiger partial charge in [-0.2, -0.15) is 0 Å². The number of aliphatic hydroxyl groups is 3. The molecule has 0 fully saturated rings. The van der Waals surface area contributed by atoms with E-state index in [-0.39, 0.29) is 19.8 Å². The number of aliphatic hydroxyl groups excluding tert-OH is 3. The summed E-state index contributed by atoms with van der Waals surface area (Å²) in [5, 5.41) is 23.2. The molecule has 11 heteroatoms. The number of phosphoric acid groups is 1. The molecule has 0 spiro atoms. The summed E-state index contributed by atoms with van der Waals surface area (Å²) in [7, 11) is -4.64. The maximum Gasteiger partial charge on any atom is 0.466 e. The molecule has 0 saturated carbocycles. The van der Waals surface area contributed by atoms with E-state index >= 15 is 0 Å². The second-order valence-corrected chi connectivity index (χ2v) is 3.08. The summed E-state index contributed by atoms with van der Waals surface area (Å²) in [6.45, 7) is 1.42. The minimum absolute atomic E-state index is 0.0972. The van der Waals surface area contributed by atoms with E-state index in [9.17, 15) is 0 Å². The van der Waals surface area contributed by atoms with Gasteiger partial charge in [0.15, 0.2) is 0 Å². The van der Waals surface area contributed by atoms with E-state index in [2.05, 4.69) is 0 Å². The van der Waals surface area contributed by atoms with Gasteiger partial charge in [0.1, 0.15) is 0 Å². The molecular weight excluding hydrogens is 257 g/mol. The lowest BCUT2D eigenvalue weighted by Crippen LogP contribution is -2.02. The number of hydrogen-bond acceptors (Lipinski definition) is 7. The molecule has 0 rings (SSSR count). The van der Waals surface area contributed by atoms with E-state index in [0.717, 1.165) is 0 Å². The molecule has 0 bridgehead atoms. The van der Waals surface area contributed by atoms with Crippen molar-refractivity contribution in [2.75, 3.05) is 39.5 Å². The van der Waals surface area contributed by atoms with E-state index in [0.29, 0.717) is 19.6 Å². The third-order valence-corrected chi connectivity index (χ3v) is 0.387. The van der Waals surface area contributed by atoms with E-state index in [1.165, 1.54) is 0 Å². The normalized spacial score (nSPS) is 8.76. The predicted molar refractivity (Wildman–Crippen MR) is 62.7 cm³/mol. The van der Waals surface area contributed by atoms with Crippen molar-refractivity contribution in [1.29, 1.82) is 0 Å². The van der Waals surface area contributed by atoms with Crippen molar-refractivity contribution in [3.63, 3.8) is 0 Å². The van der Waals surface area contributed by atoms with Gasteiger partial charge in [-0.3, -0.25) is 0 Å². The Kier molecular flexibility index (Phi) is 37.6. The standard InChI is InChI=1S/3C2H7NO.H3O4P/c3*3-1-2-4;1-5(2,3)4/h3*4H,1-3H2;(H3,1,2,3,4). The van der Waals surface area contributed by atoms with Crippen LogP contribution < -0.4 is 17.2 Å². The molecule has 0 heterocycles. The summed E-state index contributed by atoms with van der Waals surface area (Å²) in [6, 6.07) is 0. The Morgan fingerprint density at radius 1 is 0.706 bits per heavy atom. The average Bonchev–Trinajstić information content (AvgIpc) is 2.27. The molecule has 0 aromatic rings. The van der Waals surface area contributed by atoms with Gasteiger partial charge in [-0.05, 0) is 0 Å². The van der Waals surface area contributed by atoms with Crippen molar-refractivity contribution in [1.82, 2.24) is 0 Å². The first-order valence-electron chi connectivity index (χ1n) is 4.46. The van der Waals surface area contributed by atoms with Gasteiger partial charge in [0.2, 0.25) is 0 Å². The molecule has 0 aliphatic heterocycles. The summed E-state index contributed by atoms with van der Waals surface area (Å²) in [5.74, 6) is 0. The Hall–Kier alpha value is -0.130. The van der Waals surface area contributed by atoms with Gasteiger partial charge >= 0.3 is 7.82 Å². The van der Waals surface area contributed by atoms with Crippen LogP contribution in [-0.4, -0.2) is 69.5 Å². The zero-order valence-electron chi connectivity index (χ0n) is 9.51. The van der Waals surface area contributed by atoms with E-state index < -0.39 is 7.82 Å². The largest absolute Gasteiger partial charge is 0.466 e. The third-order valence-electron chi connectivity index (χ3n) is 0.387. The maximum absolute atomic E-state index is 8.88. The Balaban J connectivity index is -0.0000000667. The number of rotatable bonds is 3. The van der Waals surface area contributed by atoms with Gasteiger partial charge in [-0.25, -0.2) is 4.57 Å². The summed E-state index contributed by atoms with van der Waals surface area (Å²) < 4.78 is 8.88. The third kappa shape index (κ3) is 371. The zero-order chi connectivity index (χ0) is 14.7. The van der Waals surface area contributed by atoms with Crippen molar-refractivity contribution >= 4 is 7.82 Å². The SMILES string of the molecule is NCCO.NCCO.NCCO.O=P(O)(O)O. The highest BCUT2D eigenvalue weighted by molar-refractivity contribution is 7.45. The van der Waals surface area contributed by atoms with Crippen LogP contribution in [0.3, 0.4) is 0 Å². The molecule has 0 aliphatic carbocycles. The zero-order valence-corrected chi connectivity index (χ0v) is 10.4. The van der Waals surface area contributed by atoms with Crippen LogP contribution in [0.15, 0.2) is 0 Å². The molecule has 0 radical (unpaired) electrons. The molecule has 10 nitrogen and oxygen atoms in total. The van der Waals surface area contributed by atoms with Crippen LogP contribution in [0.4, 0.5) is 0 Å². The number of nitrogens with two attached hydrogens (primary N) is 3. The minimum Gasteiger partial charge on any atom is -0.395 e. The van der Waals surface area contributed by atoms with Crippen molar-refractivity contribution in [3.8, 4) is 0 Å². The first kappa shape index (κ1) is 25.7. The van der Waals surface area contributed by atoms with Gasteiger partial charge in [0, 0.05) is 19.6 Å². The highest BCUT2D eigenvalue weighted by Crippen LogP contribution is 2.25. The van der Waals surface area contributed by atoms with Crippen molar-refractivity contribution in [3.05, 3.63) is 0 Å². The highest BCUT2D eigenvalue weighted by atomic mass is 31.2. The van der Waals surface area contributed by atoms with Gasteiger partial charge < -0.3 is 47.2 Å². The second-order valence-electron chi connectivity index (χ2n) is 2.05. The molecule has 0 unspecified atom stereocenters. The fourth-order valence-corrected chi connectivity index (χ4v) is 0. The lowest BCUT2D eigenvalue weighted by molar-refractivity contribution is 0.275. The van der Waals surface area contributed by atoms with E-state index in [4.69, 9.17) is 51.8 Å². The number of hydrogen-bond donors (Lipinski definition) is 9. The monoisotopic (exact) mass is 281 g/mol. The van der Waals surface area contributed by atoms with E-state index in [1.54, 1.807) is 0 Å². The molecule has 0 aliphatic rings. The molecule has 110 valence electrons. The van der Waals surface area contributed by atoms with Crippen LogP contribution in [0.5, 0.6) is 0 Å². The Morgan fingerprint density at radius 3 is 0.765 bits per heavy atom. The molecule has 0 amide bonds. The molecule has 17 heavy (non-hydrogen) atoms. The highest BCUT2D eigenvalue weighted by Gasteiger charge is 2.00. The van der Waals surface area contributed by atoms with Crippen molar-refractivity contribution in [2.24, 2.45) is 17.2 Å². The first-order valence-corrected chi connectivity index (χ1v) is 6.02. The maximum atomic E-state index is 8.88. The van der Waals surface area contributed by atoms with Crippen LogP contribution in [0.1, 0.15) is 0 Å². The predicted octanol–water partition coefficient (Wildman–Crippen LogP) is -4.12. The second kappa shape index (κ2) is 24.9. The smallest absolute Gasteiger partial charge is 0.395 e. The quantitative estimate of drug-likeness (QED) is 0.227. The molecule has 0 aromatic carbocycles. The van der Waals surface area contributed by atoms with Gasteiger partial charge in [-0.1, -0.05) is 0 Å². The Morgan fingerprint density at radius 2 is 0.765 bits per heavy atom.